The molecule has 1 saturated heterocycles. The summed E-state index contributed by atoms with van der Waals surface area (Å²) in [6, 6.07) is 13.2. The van der Waals surface area contributed by atoms with Crippen molar-refractivity contribution in [2.75, 3.05) is 45.9 Å². The Morgan fingerprint density at radius 2 is 1.60 bits per heavy atom. The topological polar surface area (TPSA) is 131 Å². The molecule has 0 bridgehead atoms. The van der Waals surface area contributed by atoms with E-state index in [1.54, 1.807) is 18.2 Å². The van der Waals surface area contributed by atoms with Gasteiger partial charge < -0.3 is 30.5 Å². The van der Waals surface area contributed by atoms with Crippen LogP contribution in [0.5, 0.6) is 5.75 Å². The first-order valence-corrected chi connectivity index (χ1v) is 26.2. The molecule has 4 unspecified atom stereocenters. The van der Waals surface area contributed by atoms with Crippen molar-refractivity contribution in [3.05, 3.63) is 76.9 Å². The van der Waals surface area contributed by atoms with Gasteiger partial charge in [-0.1, -0.05) is 65.0 Å². The number of ether oxygens (including phenoxy) is 1. The molecule has 5 aliphatic carbocycles. The molecular formula is C57H84N4O6. The molecule has 5 saturated carbocycles. The van der Waals surface area contributed by atoms with E-state index in [1.807, 2.05) is 24.3 Å². The molecule has 368 valence electrons. The van der Waals surface area contributed by atoms with E-state index >= 15 is 0 Å². The van der Waals surface area contributed by atoms with E-state index in [4.69, 9.17) is 4.74 Å². The van der Waals surface area contributed by atoms with Gasteiger partial charge in [-0.15, -0.1) is 0 Å². The van der Waals surface area contributed by atoms with Crippen LogP contribution >= 0.6 is 0 Å². The van der Waals surface area contributed by atoms with Gasteiger partial charge in [0.05, 0.1) is 18.1 Å². The maximum Gasteiger partial charge on any atom is 0.339 e. The summed E-state index contributed by atoms with van der Waals surface area (Å²) in [5.41, 5.74) is 3.57. The zero-order valence-electron chi connectivity index (χ0n) is 42.4. The number of carboxylic acid groups (broad SMARTS) is 1. The normalized spacial score (nSPS) is 34.8. The second-order valence-corrected chi connectivity index (χ2v) is 23.9. The van der Waals surface area contributed by atoms with Crippen molar-refractivity contribution in [3.63, 3.8) is 0 Å². The maximum absolute atomic E-state index is 14.8. The summed E-state index contributed by atoms with van der Waals surface area (Å²) in [5.74, 6) is 1.49. The number of benzene rings is 2. The van der Waals surface area contributed by atoms with Crippen molar-refractivity contribution in [2.24, 2.45) is 56.7 Å². The Balaban J connectivity index is 0.862. The SMILES string of the molecule is C=C(C)[C@@H]1CC[C@]2(C(=O)NCCc3cccc(C(=O)NCc4ccc(OCCCN5CCN(C(C)C)CC5)c(C(=O)O)c4)c3)CC[C@]3(C)C(CCC4[C@@]5(C)CC[C@H](O)C(C)(C)C5CC[C@]43C)C12. The minimum absolute atomic E-state index is 0.0702. The zero-order valence-corrected chi connectivity index (χ0v) is 42.4. The van der Waals surface area contributed by atoms with Gasteiger partial charge in [-0.25, -0.2) is 4.79 Å². The highest BCUT2D eigenvalue weighted by Gasteiger charge is 2.71. The van der Waals surface area contributed by atoms with Gasteiger partial charge in [-0.05, 0) is 184 Å². The lowest BCUT2D eigenvalue weighted by molar-refractivity contribution is -0.246. The highest BCUT2D eigenvalue weighted by molar-refractivity contribution is 5.94. The third kappa shape index (κ3) is 9.03. The number of carbonyl (C=O) groups is 3. The average molecular weight is 921 g/mol. The monoisotopic (exact) mass is 921 g/mol. The quantitative estimate of drug-likeness (QED) is 0.103. The fraction of sp³-hybridized carbons (Fsp3) is 0.702. The second kappa shape index (κ2) is 19.2. The number of aliphatic hydroxyl groups excluding tert-OH is 1. The van der Waals surface area contributed by atoms with E-state index in [9.17, 15) is 24.6 Å². The maximum atomic E-state index is 14.8. The van der Waals surface area contributed by atoms with Crippen molar-refractivity contribution in [3.8, 4) is 5.75 Å². The molecule has 2 aromatic rings. The lowest BCUT2D eigenvalue weighted by Gasteiger charge is -2.72. The number of rotatable bonds is 15. The van der Waals surface area contributed by atoms with Gasteiger partial charge in [-0.3, -0.25) is 14.5 Å². The number of aromatic carboxylic acids is 1. The summed E-state index contributed by atoms with van der Waals surface area (Å²) < 4.78 is 5.96. The van der Waals surface area contributed by atoms with Gasteiger partial charge in [0.15, 0.2) is 0 Å². The molecule has 1 heterocycles. The fourth-order valence-electron chi connectivity index (χ4n) is 16.1. The number of fused-ring (bicyclic) bond motifs is 7. The van der Waals surface area contributed by atoms with Crippen LogP contribution in [0, 0.1) is 56.7 Å². The number of piperazine rings is 1. The van der Waals surface area contributed by atoms with Crippen molar-refractivity contribution in [2.45, 2.75) is 151 Å². The second-order valence-electron chi connectivity index (χ2n) is 23.9. The standard InChI is InChI=1S/C57H84N4O6/c1-37(2)42-18-24-57(26-25-55(8)44(49(42)57)15-17-47-54(7)22-20-48(62)53(5,6)46(54)19-23-56(47,55)9)52(66)58-27-21-39-12-10-13-41(34-39)50(63)59-36-40-14-16-45(43(35-40)51(64)65)67-33-11-28-60-29-31-61(32-30-60)38(3)4/h10,12-14,16,34-35,38,42,44,46-49,62H,1,11,15,17-33,36H2,2-9H3,(H,58,66)(H,59,63)(H,64,65)/t42-,44?,46?,47?,48-,49?,54-,55+,56+,57-/m0/s1. The lowest BCUT2D eigenvalue weighted by atomic mass is 9.32. The van der Waals surface area contributed by atoms with E-state index in [2.05, 4.69) is 82.4 Å². The summed E-state index contributed by atoms with van der Waals surface area (Å²) in [6.07, 6.45) is 11.9. The van der Waals surface area contributed by atoms with Crippen LogP contribution in [0.25, 0.3) is 0 Å². The fourth-order valence-corrected chi connectivity index (χ4v) is 16.1. The molecule has 2 amide bonds. The van der Waals surface area contributed by atoms with Crippen LogP contribution in [0.3, 0.4) is 0 Å². The number of carboxylic acids is 1. The van der Waals surface area contributed by atoms with Gasteiger partial charge in [0.2, 0.25) is 5.91 Å². The van der Waals surface area contributed by atoms with Gasteiger partial charge in [-0.2, -0.15) is 0 Å². The number of amides is 2. The lowest BCUT2D eigenvalue weighted by Crippen LogP contribution is -2.67. The molecule has 10 heteroatoms. The Morgan fingerprint density at radius 1 is 0.836 bits per heavy atom. The molecule has 0 spiro atoms. The number of hydrogen-bond acceptors (Lipinski definition) is 7. The van der Waals surface area contributed by atoms with Crippen molar-refractivity contribution < 1.29 is 29.3 Å². The van der Waals surface area contributed by atoms with E-state index in [0.717, 1.165) is 89.7 Å². The largest absolute Gasteiger partial charge is 0.493 e. The number of allylic oxidation sites excluding steroid dienone is 1. The highest BCUT2D eigenvalue weighted by Crippen LogP contribution is 2.77. The molecule has 0 aromatic heterocycles. The van der Waals surface area contributed by atoms with Crippen LogP contribution < -0.4 is 15.4 Å². The Labute approximate surface area is 402 Å². The molecule has 1 aliphatic heterocycles. The van der Waals surface area contributed by atoms with Gasteiger partial charge in [0, 0.05) is 57.4 Å². The van der Waals surface area contributed by atoms with E-state index in [-0.39, 0.29) is 57.6 Å². The highest BCUT2D eigenvalue weighted by atomic mass is 16.5. The Morgan fingerprint density at radius 3 is 2.31 bits per heavy atom. The molecule has 10 nitrogen and oxygen atoms in total. The van der Waals surface area contributed by atoms with E-state index in [0.29, 0.717) is 66.2 Å². The molecule has 10 atom stereocenters. The summed E-state index contributed by atoms with van der Waals surface area (Å²) in [7, 11) is 0. The number of aliphatic hydroxyl groups is 1. The van der Waals surface area contributed by atoms with Crippen molar-refractivity contribution >= 4 is 17.8 Å². The first-order valence-electron chi connectivity index (χ1n) is 26.2. The Bertz CT molecular complexity index is 2160. The molecule has 6 fully saturated rings. The van der Waals surface area contributed by atoms with Crippen LogP contribution in [0.4, 0.5) is 0 Å². The molecule has 2 aromatic carbocycles. The third-order valence-corrected chi connectivity index (χ3v) is 20.1. The average Bonchev–Trinajstić information content (AvgIpc) is 3.70. The first-order chi connectivity index (χ1) is 31.7. The third-order valence-electron chi connectivity index (χ3n) is 20.1. The minimum atomic E-state index is -1.06. The van der Waals surface area contributed by atoms with Gasteiger partial charge in [0.1, 0.15) is 11.3 Å². The molecule has 6 aliphatic rings. The molecule has 8 rings (SSSR count). The smallest absolute Gasteiger partial charge is 0.339 e. The van der Waals surface area contributed by atoms with E-state index < -0.39 is 11.4 Å². The molecule has 67 heavy (non-hydrogen) atoms. The van der Waals surface area contributed by atoms with Crippen LogP contribution in [0.15, 0.2) is 54.6 Å². The van der Waals surface area contributed by atoms with Crippen molar-refractivity contribution in [1.82, 2.24) is 20.4 Å². The summed E-state index contributed by atoms with van der Waals surface area (Å²) in [6.45, 7) is 29.9. The number of hydrogen-bond donors (Lipinski definition) is 4. The minimum Gasteiger partial charge on any atom is -0.493 e. The summed E-state index contributed by atoms with van der Waals surface area (Å²) in [5, 5.41) is 27.6. The molecule has 0 radical (unpaired) electrons. The predicted octanol–water partition coefficient (Wildman–Crippen LogP) is 9.79. The molecular weight excluding hydrogens is 837 g/mol. The Kier molecular flexibility index (Phi) is 14.3. The van der Waals surface area contributed by atoms with Gasteiger partial charge in [0.25, 0.3) is 5.91 Å². The zero-order chi connectivity index (χ0) is 48.1. The Hall–Kier alpha value is -3.73. The number of carbonyl (C=O) groups excluding carboxylic acids is 2. The summed E-state index contributed by atoms with van der Waals surface area (Å²) in [4.78, 5) is 45.4. The number of nitrogens with zero attached hydrogens (tertiary/aromatic N) is 2. The van der Waals surface area contributed by atoms with Crippen molar-refractivity contribution in [1.29, 1.82) is 0 Å². The van der Waals surface area contributed by atoms with Crippen LogP contribution in [0.2, 0.25) is 0 Å². The van der Waals surface area contributed by atoms with Crippen LogP contribution in [-0.2, 0) is 17.8 Å². The van der Waals surface area contributed by atoms with Crippen LogP contribution in [0.1, 0.15) is 158 Å². The number of nitrogens with one attached hydrogen (secondary N) is 2. The van der Waals surface area contributed by atoms with E-state index in [1.165, 1.54) is 24.8 Å². The predicted molar refractivity (Wildman–Crippen MR) is 266 cm³/mol. The summed E-state index contributed by atoms with van der Waals surface area (Å²) >= 11 is 0. The van der Waals surface area contributed by atoms with Gasteiger partial charge >= 0.3 is 5.97 Å². The molecule has 4 N–H and O–H groups in total. The van der Waals surface area contributed by atoms with Crippen LogP contribution in [-0.4, -0.2) is 95.8 Å². The first kappa shape index (κ1) is 49.7.